The predicted octanol–water partition coefficient (Wildman–Crippen LogP) is 0.310. The number of likely N-dealkylation sites (tertiary alicyclic amines) is 1. The molecule has 0 bridgehead atoms. The Labute approximate surface area is 136 Å². The van der Waals surface area contributed by atoms with E-state index < -0.39 is 18.2 Å². The Morgan fingerprint density at radius 3 is 2.45 bits per heavy atom. The first-order chi connectivity index (χ1) is 9.76. The van der Waals surface area contributed by atoms with Gasteiger partial charge >= 0.3 is 5.97 Å². The van der Waals surface area contributed by atoms with Gasteiger partial charge < -0.3 is 15.3 Å². The van der Waals surface area contributed by atoms with Crippen LogP contribution < -0.4 is 5.32 Å². The van der Waals surface area contributed by atoms with E-state index in [1.165, 1.54) is 18.7 Å². The van der Waals surface area contributed by atoms with Crippen LogP contribution in [-0.2, 0) is 14.4 Å². The Morgan fingerprint density at radius 2 is 2.05 bits per heavy atom. The number of hydrogen-bond acceptors (Lipinski definition) is 4. The first kappa shape index (κ1) is 20.4. The van der Waals surface area contributed by atoms with E-state index in [9.17, 15) is 19.5 Å². The van der Waals surface area contributed by atoms with Crippen molar-refractivity contribution in [2.75, 3.05) is 20.1 Å². The second kappa shape index (κ2) is 8.75. The predicted molar refractivity (Wildman–Crippen MR) is 84.6 cm³/mol. The number of aliphatic carboxylic acids is 1. The van der Waals surface area contributed by atoms with Gasteiger partial charge in [-0.1, -0.05) is 6.08 Å². The van der Waals surface area contributed by atoms with Crippen LogP contribution in [0, 0.1) is 5.92 Å². The van der Waals surface area contributed by atoms with Crippen molar-refractivity contribution in [1.29, 1.82) is 0 Å². The van der Waals surface area contributed by atoms with Crippen LogP contribution in [0.5, 0.6) is 0 Å². The van der Waals surface area contributed by atoms with E-state index in [0.717, 1.165) is 0 Å². The molecule has 1 aliphatic rings. The van der Waals surface area contributed by atoms with Crippen LogP contribution in [0.3, 0.4) is 0 Å². The lowest BCUT2D eigenvalue weighted by atomic mass is 10.1. The lowest BCUT2D eigenvalue weighted by molar-refractivity contribution is -0.144. The second-order valence-electron chi connectivity index (χ2n) is 5.40. The molecule has 0 saturated carbocycles. The number of halogens is 1. The number of carboxylic acids is 1. The third-order valence-corrected chi connectivity index (χ3v) is 3.74. The number of carbonyl (C=O) groups is 3. The number of carboxylic acid groups (broad SMARTS) is 1. The first-order valence-electron chi connectivity index (χ1n) is 6.86. The molecule has 1 saturated heterocycles. The maximum atomic E-state index is 11.4. The summed E-state index contributed by atoms with van der Waals surface area (Å²) >= 11 is 0. The Morgan fingerprint density at radius 1 is 1.45 bits per heavy atom. The monoisotopic (exact) mass is 333 g/mol. The number of rotatable bonds is 6. The number of likely N-dealkylation sites (N-methyl/N-ethyl adjacent to an activating group) is 1. The van der Waals surface area contributed by atoms with E-state index in [2.05, 4.69) is 11.9 Å². The summed E-state index contributed by atoms with van der Waals surface area (Å²) in [6, 6.07) is -0.690. The number of nitrogens with one attached hydrogen (secondary N) is 1. The number of nitrogens with zero attached hydrogens (tertiary/aromatic N) is 2. The molecule has 8 heteroatoms. The van der Waals surface area contributed by atoms with E-state index in [4.69, 9.17) is 0 Å². The molecule has 1 aliphatic heterocycles. The molecular formula is C14H24ClN3O4. The van der Waals surface area contributed by atoms with Gasteiger partial charge in [-0.15, -0.1) is 19.0 Å². The van der Waals surface area contributed by atoms with Gasteiger partial charge in [-0.05, 0) is 12.3 Å². The average Bonchev–Trinajstić information content (AvgIpc) is 2.81. The van der Waals surface area contributed by atoms with Crippen LogP contribution in [0.2, 0.25) is 0 Å². The maximum Gasteiger partial charge on any atom is 0.321 e. The highest BCUT2D eigenvalue weighted by Crippen LogP contribution is 2.26. The van der Waals surface area contributed by atoms with Crippen LogP contribution in [0.15, 0.2) is 12.7 Å². The summed E-state index contributed by atoms with van der Waals surface area (Å²) in [6.07, 6.45) is 1.66. The Kier molecular flexibility index (Phi) is 8.11. The average molecular weight is 334 g/mol. The zero-order valence-corrected chi connectivity index (χ0v) is 13.9. The van der Waals surface area contributed by atoms with E-state index in [1.54, 1.807) is 18.0 Å². The molecule has 2 amide bonds. The third-order valence-electron chi connectivity index (χ3n) is 3.74. The third kappa shape index (κ3) is 5.31. The molecule has 0 aliphatic carbocycles. The molecule has 126 valence electrons. The molecular weight excluding hydrogens is 310 g/mol. The van der Waals surface area contributed by atoms with Crippen molar-refractivity contribution < 1.29 is 19.5 Å². The van der Waals surface area contributed by atoms with Crippen LogP contribution in [0.4, 0.5) is 0 Å². The van der Waals surface area contributed by atoms with Crippen molar-refractivity contribution in [2.24, 2.45) is 5.92 Å². The van der Waals surface area contributed by atoms with Crippen molar-refractivity contribution in [1.82, 2.24) is 15.1 Å². The highest BCUT2D eigenvalue weighted by Gasteiger charge is 2.40. The fraction of sp³-hybridized carbons (Fsp3) is 0.643. The van der Waals surface area contributed by atoms with Crippen molar-refractivity contribution in [3.05, 3.63) is 12.7 Å². The summed E-state index contributed by atoms with van der Waals surface area (Å²) in [4.78, 5) is 37.4. The maximum absolute atomic E-state index is 11.4. The molecule has 0 aromatic carbocycles. The summed E-state index contributed by atoms with van der Waals surface area (Å²) < 4.78 is 0. The lowest BCUT2D eigenvalue weighted by Gasteiger charge is -2.34. The molecule has 1 fully saturated rings. The van der Waals surface area contributed by atoms with E-state index >= 15 is 0 Å². The molecule has 0 spiro atoms. The van der Waals surface area contributed by atoms with Gasteiger partial charge in [0, 0.05) is 27.4 Å². The van der Waals surface area contributed by atoms with Crippen molar-refractivity contribution in [2.45, 2.75) is 32.5 Å². The largest absolute Gasteiger partial charge is 0.480 e. The summed E-state index contributed by atoms with van der Waals surface area (Å²) in [6.45, 7) is 7.24. The highest BCUT2D eigenvalue weighted by atomic mass is 35.5. The van der Waals surface area contributed by atoms with Gasteiger partial charge in [0.1, 0.15) is 12.2 Å². The van der Waals surface area contributed by atoms with Gasteiger partial charge in [-0.3, -0.25) is 19.3 Å². The Hall–Kier alpha value is -1.60. The van der Waals surface area contributed by atoms with Crippen molar-refractivity contribution >= 4 is 30.2 Å². The first-order valence-corrected chi connectivity index (χ1v) is 6.86. The molecule has 1 rings (SSSR count). The van der Waals surface area contributed by atoms with E-state index in [1.807, 2.05) is 0 Å². The van der Waals surface area contributed by atoms with Gasteiger partial charge in [-0.2, -0.15) is 0 Å². The molecule has 0 radical (unpaired) electrons. The second-order valence-corrected chi connectivity index (χ2v) is 5.40. The summed E-state index contributed by atoms with van der Waals surface area (Å²) in [5, 5.41) is 12.1. The van der Waals surface area contributed by atoms with Gasteiger partial charge in [0.2, 0.25) is 11.8 Å². The van der Waals surface area contributed by atoms with Crippen molar-refractivity contribution in [3.63, 3.8) is 0 Å². The topological polar surface area (TPSA) is 89.9 Å². The Bertz CT molecular complexity index is 444. The normalized spacial score (nSPS) is 22.3. The zero-order chi connectivity index (χ0) is 16.2. The van der Waals surface area contributed by atoms with Crippen LogP contribution in [0.1, 0.15) is 20.3 Å². The molecule has 1 unspecified atom stereocenters. The Balaban J connectivity index is 0.00000441. The molecule has 0 aromatic heterocycles. The number of amides is 2. The van der Waals surface area contributed by atoms with Crippen LogP contribution in [-0.4, -0.2) is 65.0 Å². The fourth-order valence-electron chi connectivity index (χ4n) is 2.51. The fourth-order valence-corrected chi connectivity index (χ4v) is 2.51. The van der Waals surface area contributed by atoms with Crippen molar-refractivity contribution in [3.8, 4) is 0 Å². The molecule has 3 atom stereocenters. The van der Waals surface area contributed by atoms with E-state index in [-0.39, 0.29) is 36.7 Å². The van der Waals surface area contributed by atoms with Gasteiger partial charge in [0.15, 0.2) is 0 Å². The standard InChI is InChI=1S/C14H23N3O4.ClH/c1-5-11-6-12(14(20)21)17(7-11)13(15-9(2)18)8-16(4)10(3)19;/h5,11-13H,1,6-8H2,2-4H3,(H,15,18)(H,20,21);1H/t11-,12+,13?;/m1./s1. The smallest absolute Gasteiger partial charge is 0.321 e. The summed E-state index contributed by atoms with van der Waals surface area (Å²) in [5.41, 5.74) is 0. The van der Waals surface area contributed by atoms with Gasteiger partial charge in [0.05, 0.1) is 6.54 Å². The molecule has 1 heterocycles. The quantitative estimate of drug-likeness (QED) is 0.683. The number of hydrogen-bond donors (Lipinski definition) is 2. The van der Waals surface area contributed by atoms with Gasteiger partial charge in [0.25, 0.3) is 0 Å². The molecule has 0 aromatic rings. The van der Waals surface area contributed by atoms with E-state index in [0.29, 0.717) is 13.0 Å². The summed E-state index contributed by atoms with van der Waals surface area (Å²) in [7, 11) is 1.62. The molecule has 7 nitrogen and oxygen atoms in total. The number of carbonyl (C=O) groups excluding carboxylic acids is 2. The zero-order valence-electron chi connectivity index (χ0n) is 13.1. The summed E-state index contributed by atoms with van der Waals surface area (Å²) in [5.74, 6) is -1.27. The molecule has 2 N–H and O–H groups in total. The minimum atomic E-state index is -0.930. The van der Waals surface area contributed by atoms with Crippen LogP contribution in [0.25, 0.3) is 0 Å². The molecule has 22 heavy (non-hydrogen) atoms. The lowest BCUT2D eigenvalue weighted by Crippen LogP contribution is -2.56. The SMILES string of the molecule is C=C[C@@H]1C[C@@H](C(=O)O)N(C(CN(C)C(C)=O)NC(C)=O)C1.Cl. The van der Waals surface area contributed by atoms with Crippen LogP contribution >= 0.6 is 12.4 Å². The minimum Gasteiger partial charge on any atom is -0.480 e. The minimum absolute atomic E-state index is 0. The van der Waals surface area contributed by atoms with Gasteiger partial charge in [-0.25, -0.2) is 0 Å². The highest BCUT2D eigenvalue weighted by molar-refractivity contribution is 5.85.